The SMILES string of the molecule is CC(=O)C1(N)Cc2cc3c(cc2C(O)C1)C(=O)OC3=O. The Kier molecular flexibility index (Phi) is 2.57. The van der Waals surface area contributed by atoms with Gasteiger partial charge in [-0.05, 0) is 36.6 Å². The topological polar surface area (TPSA) is 107 Å². The highest BCUT2D eigenvalue weighted by Crippen LogP contribution is 2.37. The number of aliphatic hydroxyl groups excluding tert-OH is 1. The first-order valence-corrected chi connectivity index (χ1v) is 6.23. The van der Waals surface area contributed by atoms with E-state index < -0.39 is 23.6 Å². The number of rotatable bonds is 1. The van der Waals surface area contributed by atoms with Crippen molar-refractivity contribution >= 4 is 17.7 Å². The van der Waals surface area contributed by atoms with Gasteiger partial charge in [0, 0.05) is 6.42 Å². The van der Waals surface area contributed by atoms with E-state index in [1.54, 1.807) is 0 Å². The Morgan fingerprint density at radius 1 is 1.35 bits per heavy atom. The quantitative estimate of drug-likeness (QED) is 0.562. The molecule has 0 bridgehead atoms. The molecule has 3 N–H and O–H groups in total. The highest BCUT2D eigenvalue weighted by Gasteiger charge is 2.41. The van der Waals surface area contributed by atoms with E-state index in [0.29, 0.717) is 11.1 Å². The summed E-state index contributed by atoms with van der Waals surface area (Å²) in [4.78, 5) is 34.7. The Balaban J connectivity index is 2.14. The molecule has 2 atom stereocenters. The molecule has 2 unspecified atom stereocenters. The molecule has 1 aliphatic carbocycles. The van der Waals surface area contributed by atoms with Crippen molar-refractivity contribution in [2.75, 3.05) is 0 Å². The molecule has 2 aliphatic rings. The lowest BCUT2D eigenvalue weighted by molar-refractivity contribution is -0.123. The molecular weight excluding hydrogens is 262 g/mol. The first-order valence-electron chi connectivity index (χ1n) is 6.23. The third-order valence-electron chi connectivity index (χ3n) is 4.03. The zero-order chi connectivity index (χ0) is 14.7. The number of carbonyl (C=O) groups is 3. The molecule has 20 heavy (non-hydrogen) atoms. The highest BCUT2D eigenvalue weighted by molar-refractivity contribution is 6.15. The Morgan fingerprint density at radius 3 is 2.55 bits per heavy atom. The van der Waals surface area contributed by atoms with Crippen LogP contribution in [0.25, 0.3) is 0 Å². The molecule has 6 heteroatoms. The number of esters is 2. The van der Waals surface area contributed by atoms with E-state index in [0.717, 1.165) is 0 Å². The fourth-order valence-corrected chi connectivity index (χ4v) is 2.79. The monoisotopic (exact) mass is 275 g/mol. The van der Waals surface area contributed by atoms with Crippen molar-refractivity contribution in [3.63, 3.8) is 0 Å². The predicted octanol–water partition coefficient (Wildman–Crippen LogP) is 0.263. The number of cyclic esters (lactones) is 2. The average Bonchev–Trinajstić information content (AvgIpc) is 2.62. The first kappa shape index (κ1) is 13.0. The summed E-state index contributed by atoms with van der Waals surface area (Å²) in [5.74, 6) is -1.64. The minimum atomic E-state index is -1.15. The number of Topliss-reactive ketones (excluding diaryl/α,β-unsaturated/α-hetero) is 1. The zero-order valence-electron chi connectivity index (χ0n) is 10.8. The average molecular weight is 275 g/mol. The number of aliphatic hydroxyl groups is 1. The number of hydrogen-bond donors (Lipinski definition) is 2. The Labute approximate surface area is 114 Å². The molecule has 1 heterocycles. The van der Waals surface area contributed by atoms with Gasteiger partial charge in [-0.15, -0.1) is 0 Å². The minimum absolute atomic E-state index is 0.0944. The van der Waals surface area contributed by atoms with Crippen LogP contribution in [0.2, 0.25) is 0 Å². The summed E-state index contributed by atoms with van der Waals surface area (Å²) in [7, 11) is 0. The lowest BCUT2D eigenvalue weighted by Crippen LogP contribution is -2.52. The minimum Gasteiger partial charge on any atom is -0.388 e. The number of benzene rings is 1. The molecule has 3 rings (SSSR count). The summed E-state index contributed by atoms with van der Waals surface area (Å²) in [6, 6.07) is 2.95. The van der Waals surface area contributed by atoms with E-state index in [2.05, 4.69) is 4.74 Å². The Hall–Kier alpha value is -2.05. The largest absolute Gasteiger partial charge is 0.388 e. The Bertz CT molecular complexity index is 666. The van der Waals surface area contributed by atoms with Crippen LogP contribution in [0.4, 0.5) is 0 Å². The van der Waals surface area contributed by atoms with Gasteiger partial charge in [0.05, 0.1) is 22.8 Å². The maximum absolute atomic E-state index is 11.6. The second-order valence-electron chi connectivity index (χ2n) is 5.38. The summed E-state index contributed by atoms with van der Waals surface area (Å²) in [6.07, 6.45) is -0.623. The van der Waals surface area contributed by atoms with Crippen LogP contribution in [0, 0.1) is 0 Å². The Morgan fingerprint density at radius 2 is 1.95 bits per heavy atom. The van der Waals surface area contributed by atoms with Crippen LogP contribution < -0.4 is 5.73 Å². The van der Waals surface area contributed by atoms with Crippen LogP contribution >= 0.6 is 0 Å². The summed E-state index contributed by atoms with van der Waals surface area (Å²) in [5.41, 5.74) is 6.32. The number of nitrogens with two attached hydrogens (primary N) is 1. The van der Waals surface area contributed by atoms with Gasteiger partial charge in [0.15, 0.2) is 0 Å². The number of ether oxygens (including phenoxy) is 1. The number of fused-ring (bicyclic) bond motifs is 2. The first-order chi connectivity index (χ1) is 9.32. The highest BCUT2D eigenvalue weighted by atomic mass is 16.6. The molecule has 6 nitrogen and oxygen atoms in total. The summed E-state index contributed by atoms with van der Waals surface area (Å²) in [5, 5.41) is 10.2. The van der Waals surface area contributed by atoms with E-state index in [9.17, 15) is 19.5 Å². The zero-order valence-corrected chi connectivity index (χ0v) is 10.8. The second-order valence-corrected chi connectivity index (χ2v) is 5.38. The number of carbonyl (C=O) groups excluding carboxylic acids is 3. The van der Waals surface area contributed by atoms with E-state index in [4.69, 9.17) is 5.73 Å². The van der Waals surface area contributed by atoms with Gasteiger partial charge in [-0.1, -0.05) is 0 Å². The molecule has 1 aromatic carbocycles. The van der Waals surface area contributed by atoms with Crippen molar-refractivity contribution in [1.29, 1.82) is 0 Å². The van der Waals surface area contributed by atoms with Gasteiger partial charge in [-0.25, -0.2) is 9.59 Å². The van der Waals surface area contributed by atoms with Crippen LogP contribution in [-0.4, -0.2) is 28.4 Å². The van der Waals surface area contributed by atoms with Crippen LogP contribution in [0.3, 0.4) is 0 Å². The van der Waals surface area contributed by atoms with Gasteiger partial charge in [0.2, 0.25) is 0 Å². The van der Waals surface area contributed by atoms with E-state index in [1.807, 2.05) is 0 Å². The van der Waals surface area contributed by atoms with Gasteiger partial charge in [0.25, 0.3) is 0 Å². The molecule has 1 aromatic rings. The maximum Gasteiger partial charge on any atom is 0.346 e. The van der Waals surface area contributed by atoms with Gasteiger partial charge >= 0.3 is 11.9 Å². The molecule has 0 radical (unpaired) electrons. The third-order valence-corrected chi connectivity index (χ3v) is 4.03. The summed E-state index contributed by atoms with van der Waals surface area (Å²) >= 11 is 0. The predicted molar refractivity (Wildman–Crippen MR) is 67.1 cm³/mol. The maximum atomic E-state index is 11.6. The molecule has 0 saturated carbocycles. The second kappa shape index (κ2) is 3.97. The smallest absolute Gasteiger partial charge is 0.346 e. The number of ketones is 1. The van der Waals surface area contributed by atoms with E-state index in [-0.39, 0.29) is 29.8 Å². The van der Waals surface area contributed by atoms with Crippen molar-refractivity contribution in [3.8, 4) is 0 Å². The van der Waals surface area contributed by atoms with Gasteiger partial charge < -0.3 is 15.6 Å². The van der Waals surface area contributed by atoms with Crippen LogP contribution in [0.1, 0.15) is 51.3 Å². The lowest BCUT2D eigenvalue weighted by Gasteiger charge is -2.35. The van der Waals surface area contributed by atoms with E-state index in [1.165, 1.54) is 19.1 Å². The molecule has 104 valence electrons. The molecule has 0 amide bonds. The van der Waals surface area contributed by atoms with Crippen LogP contribution in [-0.2, 0) is 16.0 Å². The fourth-order valence-electron chi connectivity index (χ4n) is 2.79. The molecular formula is C14H13NO5. The van der Waals surface area contributed by atoms with Crippen molar-refractivity contribution in [2.45, 2.75) is 31.4 Å². The van der Waals surface area contributed by atoms with E-state index >= 15 is 0 Å². The van der Waals surface area contributed by atoms with Crippen molar-refractivity contribution < 1.29 is 24.2 Å². The lowest BCUT2D eigenvalue weighted by atomic mass is 9.74. The molecule has 1 aliphatic heterocycles. The molecule has 0 saturated heterocycles. The van der Waals surface area contributed by atoms with Crippen molar-refractivity contribution in [1.82, 2.24) is 0 Å². The molecule has 0 spiro atoms. The van der Waals surface area contributed by atoms with Gasteiger partial charge in [0.1, 0.15) is 5.78 Å². The summed E-state index contributed by atoms with van der Waals surface area (Å²) in [6.45, 7) is 1.38. The van der Waals surface area contributed by atoms with Crippen molar-refractivity contribution in [2.24, 2.45) is 5.73 Å². The standard InChI is InChI=1S/C14H13NO5/c1-6(16)14(15)4-7-2-9-10(13(19)20-12(9)18)3-8(7)11(17)5-14/h2-3,11,17H,4-5,15H2,1H3. The van der Waals surface area contributed by atoms with Crippen LogP contribution in [0.5, 0.6) is 0 Å². The fraction of sp³-hybridized carbons (Fsp3) is 0.357. The van der Waals surface area contributed by atoms with Crippen LogP contribution in [0.15, 0.2) is 12.1 Å². The normalized spacial score (nSPS) is 27.9. The third kappa shape index (κ3) is 1.69. The molecule has 0 fully saturated rings. The molecule has 0 aromatic heterocycles. The van der Waals surface area contributed by atoms with Gasteiger partial charge in [-0.3, -0.25) is 4.79 Å². The number of hydrogen-bond acceptors (Lipinski definition) is 6. The van der Waals surface area contributed by atoms with Gasteiger partial charge in [-0.2, -0.15) is 0 Å². The summed E-state index contributed by atoms with van der Waals surface area (Å²) < 4.78 is 4.53. The van der Waals surface area contributed by atoms with Crippen molar-refractivity contribution in [3.05, 3.63) is 34.4 Å².